The number of hydrogen-bond donors (Lipinski definition) is 2. The molecule has 100 valence electrons. The number of nitrogens with zero attached hydrogens (tertiary/aromatic N) is 3. The molecule has 2 rings (SSSR count). The topological polar surface area (TPSA) is 111 Å². The van der Waals surface area contributed by atoms with E-state index in [1.54, 1.807) is 18.2 Å². The van der Waals surface area contributed by atoms with E-state index in [-0.39, 0.29) is 17.6 Å². The molecule has 0 aliphatic carbocycles. The number of rotatable bonds is 4. The van der Waals surface area contributed by atoms with Crippen LogP contribution in [-0.2, 0) is 0 Å². The van der Waals surface area contributed by atoms with Gasteiger partial charge in [0.25, 0.3) is 5.69 Å². The Bertz CT molecular complexity index is 593. The van der Waals surface area contributed by atoms with Gasteiger partial charge in [-0.15, -0.1) is 0 Å². The summed E-state index contributed by atoms with van der Waals surface area (Å²) in [7, 11) is 0. The molecule has 0 fully saturated rings. The Labute approximate surface area is 110 Å². The van der Waals surface area contributed by atoms with Crippen LogP contribution in [0.15, 0.2) is 24.3 Å². The van der Waals surface area contributed by atoms with Crippen LogP contribution in [0.3, 0.4) is 0 Å². The lowest BCUT2D eigenvalue weighted by Crippen LogP contribution is -2.18. The van der Waals surface area contributed by atoms with E-state index >= 15 is 0 Å². The first-order valence-corrected chi connectivity index (χ1v) is 5.92. The van der Waals surface area contributed by atoms with Crippen molar-refractivity contribution in [1.29, 1.82) is 0 Å². The molecule has 7 heteroatoms. The molecule has 0 spiro atoms. The molecule has 1 aromatic heterocycles. The minimum atomic E-state index is -0.451. The van der Waals surface area contributed by atoms with Crippen molar-refractivity contribution >= 4 is 5.69 Å². The SMILES string of the molecule is CC(C)C(N)c1nc(-c2ccccc2[N+](=O)[O-])n[nH]1. The maximum Gasteiger partial charge on any atom is 0.280 e. The second-order valence-corrected chi connectivity index (χ2v) is 4.59. The summed E-state index contributed by atoms with van der Waals surface area (Å²) >= 11 is 0. The molecule has 0 amide bonds. The summed E-state index contributed by atoms with van der Waals surface area (Å²) in [5.74, 6) is 1.02. The van der Waals surface area contributed by atoms with E-state index in [2.05, 4.69) is 15.2 Å². The van der Waals surface area contributed by atoms with Crippen molar-refractivity contribution in [3.8, 4) is 11.4 Å². The zero-order valence-electron chi connectivity index (χ0n) is 10.7. The Morgan fingerprint density at radius 1 is 1.37 bits per heavy atom. The second-order valence-electron chi connectivity index (χ2n) is 4.59. The summed E-state index contributed by atoms with van der Waals surface area (Å²) < 4.78 is 0. The molecular weight excluding hydrogens is 246 g/mol. The first-order chi connectivity index (χ1) is 9.00. The lowest BCUT2D eigenvalue weighted by atomic mass is 10.1. The summed E-state index contributed by atoms with van der Waals surface area (Å²) in [6.45, 7) is 3.94. The minimum absolute atomic E-state index is 0.0221. The predicted octanol–water partition coefficient (Wildman–Crippen LogP) is 2.04. The van der Waals surface area contributed by atoms with E-state index in [4.69, 9.17) is 5.73 Å². The van der Waals surface area contributed by atoms with Gasteiger partial charge in [-0.3, -0.25) is 15.2 Å². The van der Waals surface area contributed by atoms with Crippen molar-refractivity contribution < 1.29 is 4.92 Å². The van der Waals surface area contributed by atoms with Crippen molar-refractivity contribution in [1.82, 2.24) is 15.2 Å². The van der Waals surface area contributed by atoms with Gasteiger partial charge in [-0.25, -0.2) is 4.98 Å². The molecule has 19 heavy (non-hydrogen) atoms. The average Bonchev–Trinajstić information content (AvgIpc) is 2.87. The summed E-state index contributed by atoms with van der Waals surface area (Å²) in [4.78, 5) is 14.8. The number of nitro benzene ring substituents is 1. The Morgan fingerprint density at radius 2 is 2.05 bits per heavy atom. The van der Waals surface area contributed by atoms with Gasteiger partial charge in [0.1, 0.15) is 5.82 Å². The molecule has 0 radical (unpaired) electrons. The lowest BCUT2D eigenvalue weighted by molar-refractivity contribution is -0.384. The number of hydrogen-bond acceptors (Lipinski definition) is 5. The average molecular weight is 261 g/mol. The minimum Gasteiger partial charge on any atom is -0.321 e. The molecule has 0 saturated heterocycles. The van der Waals surface area contributed by atoms with Gasteiger partial charge in [-0.2, -0.15) is 5.10 Å². The van der Waals surface area contributed by atoms with Crippen molar-refractivity contribution in [3.63, 3.8) is 0 Å². The zero-order valence-corrected chi connectivity index (χ0v) is 10.7. The Kier molecular flexibility index (Phi) is 3.57. The molecule has 0 aliphatic rings. The maximum absolute atomic E-state index is 11.0. The number of H-pyrrole nitrogens is 1. The highest BCUT2D eigenvalue weighted by atomic mass is 16.6. The van der Waals surface area contributed by atoms with Crippen LogP contribution in [0.2, 0.25) is 0 Å². The van der Waals surface area contributed by atoms with Crippen molar-refractivity contribution in [2.45, 2.75) is 19.9 Å². The lowest BCUT2D eigenvalue weighted by Gasteiger charge is -2.11. The molecule has 3 N–H and O–H groups in total. The molecule has 1 aromatic carbocycles. The van der Waals surface area contributed by atoms with Crippen molar-refractivity contribution in [2.75, 3.05) is 0 Å². The van der Waals surface area contributed by atoms with E-state index < -0.39 is 4.92 Å². The van der Waals surface area contributed by atoms with Crippen LogP contribution in [0, 0.1) is 16.0 Å². The van der Waals surface area contributed by atoms with E-state index in [0.29, 0.717) is 17.2 Å². The fraction of sp³-hybridized carbons (Fsp3) is 0.333. The van der Waals surface area contributed by atoms with Gasteiger partial charge in [-0.1, -0.05) is 26.0 Å². The largest absolute Gasteiger partial charge is 0.321 e. The molecule has 1 atom stereocenters. The molecule has 2 aromatic rings. The van der Waals surface area contributed by atoms with E-state index in [1.807, 2.05) is 13.8 Å². The van der Waals surface area contributed by atoms with Crippen LogP contribution >= 0.6 is 0 Å². The quantitative estimate of drug-likeness (QED) is 0.646. The van der Waals surface area contributed by atoms with Crippen LogP contribution in [0.4, 0.5) is 5.69 Å². The van der Waals surface area contributed by atoms with Crippen LogP contribution in [-0.4, -0.2) is 20.1 Å². The number of nitrogens with one attached hydrogen (secondary N) is 1. The zero-order chi connectivity index (χ0) is 14.0. The van der Waals surface area contributed by atoms with Crippen molar-refractivity contribution in [2.24, 2.45) is 11.7 Å². The monoisotopic (exact) mass is 261 g/mol. The first-order valence-electron chi connectivity index (χ1n) is 5.92. The van der Waals surface area contributed by atoms with Crippen molar-refractivity contribution in [3.05, 3.63) is 40.2 Å². The third kappa shape index (κ3) is 2.60. The summed E-state index contributed by atoms with van der Waals surface area (Å²) in [5, 5.41) is 17.7. The molecule has 7 nitrogen and oxygen atoms in total. The number of nitro groups is 1. The highest BCUT2D eigenvalue weighted by molar-refractivity contribution is 5.67. The van der Waals surface area contributed by atoms with Gasteiger partial charge in [0.2, 0.25) is 0 Å². The number of aromatic nitrogens is 3. The van der Waals surface area contributed by atoms with Gasteiger partial charge in [0.05, 0.1) is 16.5 Å². The fourth-order valence-electron chi connectivity index (χ4n) is 1.68. The van der Waals surface area contributed by atoms with Gasteiger partial charge in [0.15, 0.2) is 5.82 Å². The third-order valence-electron chi connectivity index (χ3n) is 2.88. The van der Waals surface area contributed by atoms with Crippen LogP contribution in [0.1, 0.15) is 25.7 Å². The smallest absolute Gasteiger partial charge is 0.280 e. The Hall–Kier alpha value is -2.28. The van der Waals surface area contributed by atoms with Crippen LogP contribution in [0.5, 0.6) is 0 Å². The number of aromatic amines is 1. The molecule has 1 heterocycles. The van der Waals surface area contributed by atoms with E-state index in [9.17, 15) is 10.1 Å². The fourth-order valence-corrected chi connectivity index (χ4v) is 1.68. The van der Waals surface area contributed by atoms with Crippen LogP contribution in [0.25, 0.3) is 11.4 Å². The Balaban J connectivity index is 2.41. The van der Waals surface area contributed by atoms with Gasteiger partial charge in [0, 0.05) is 6.07 Å². The highest BCUT2D eigenvalue weighted by Gasteiger charge is 2.20. The number of nitrogens with two attached hydrogens (primary N) is 1. The normalized spacial score (nSPS) is 12.6. The third-order valence-corrected chi connectivity index (χ3v) is 2.88. The van der Waals surface area contributed by atoms with Crippen LogP contribution < -0.4 is 5.73 Å². The molecule has 0 bridgehead atoms. The Morgan fingerprint density at radius 3 is 2.68 bits per heavy atom. The molecule has 0 aliphatic heterocycles. The highest BCUT2D eigenvalue weighted by Crippen LogP contribution is 2.27. The van der Waals surface area contributed by atoms with E-state index in [1.165, 1.54) is 6.07 Å². The maximum atomic E-state index is 11.0. The predicted molar refractivity (Wildman–Crippen MR) is 70.2 cm³/mol. The summed E-state index contributed by atoms with van der Waals surface area (Å²) in [5.41, 5.74) is 6.32. The number of para-hydroxylation sites is 1. The number of benzene rings is 1. The standard InChI is InChI=1S/C12H15N5O2/c1-7(2)10(13)12-14-11(15-16-12)8-5-3-4-6-9(8)17(18)19/h3-7,10H,13H2,1-2H3,(H,14,15,16). The van der Waals surface area contributed by atoms with Gasteiger partial charge in [-0.05, 0) is 12.0 Å². The molecule has 1 unspecified atom stereocenters. The van der Waals surface area contributed by atoms with E-state index in [0.717, 1.165) is 0 Å². The summed E-state index contributed by atoms with van der Waals surface area (Å²) in [6.07, 6.45) is 0. The summed E-state index contributed by atoms with van der Waals surface area (Å²) in [6, 6.07) is 6.08. The van der Waals surface area contributed by atoms with Gasteiger partial charge >= 0.3 is 0 Å². The molecule has 0 saturated carbocycles. The molecular formula is C12H15N5O2. The first kappa shape index (κ1) is 13.2. The van der Waals surface area contributed by atoms with Gasteiger partial charge < -0.3 is 5.73 Å². The second kappa shape index (κ2) is 5.15.